The second-order valence-corrected chi connectivity index (χ2v) is 38.6. The third-order valence-corrected chi connectivity index (χ3v) is 26.3. The fourth-order valence-electron chi connectivity index (χ4n) is 19.0. The number of benzene rings is 15. The first-order chi connectivity index (χ1) is 69.1. The Labute approximate surface area is 920 Å². The molecule has 5 amide bonds. The van der Waals surface area contributed by atoms with Gasteiger partial charge in [0.2, 0.25) is 23.6 Å². The summed E-state index contributed by atoms with van der Waals surface area (Å²) in [6, 6.07) is 117. The van der Waals surface area contributed by atoms with Crippen molar-refractivity contribution in [3.63, 3.8) is 0 Å². The number of nitrogens with one attached hydrogen (secondary N) is 2. The number of halogens is 1. The number of hydrogen-bond donors (Lipinski definition) is 3. The molecule has 4 N–H and O–H groups in total. The number of methoxy groups -OCH3 is 1. The number of fused-ring (bicyclic) bond motifs is 5. The van der Waals surface area contributed by atoms with E-state index in [-0.39, 0.29) is 147 Å². The minimum Gasteiger partial charge on any atom is -1.00 e. The van der Waals surface area contributed by atoms with Crippen LogP contribution in [0.4, 0.5) is 4.79 Å². The Morgan fingerprint density at radius 1 is 0.356 bits per heavy atom. The Kier molecular flexibility index (Phi) is 53.6. The zero-order valence-corrected chi connectivity index (χ0v) is 93.8. The molecule has 0 unspecified atom stereocenters. The summed E-state index contributed by atoms with van der Waals surface area (Å²) in [5, 5.41) is 26.2. The predicted octanol–water partition coefficient (Wildman–Crippen LogP) is 21.6. The molecule has 0 aliphatic heterocycles. The molecule has 146 heavy (non-hydrogen) atoms. The van der Waals surface area contributed by atoms with Gasteiger partial charge in [0, 0.05) is 26.7 Å². The number of amides is 5. The summed E-state index contributed by atoms with van der Waals surface area (Å²) in [5.41, 5.74) is 24.7. The van der Waals surface area contributed by atoms with Crippen LogP contribution in [0.3, 0.4) is 0 Å². The zero-order chi connectivity index (χ0) is 102. The van der Waals surface area contributed by atoms with Crippen LogP contribution in [0.1, 0.15) is 228 Å². The number of unbranched alkanes of at least 4 members (excludes halogenated alkanes) is 2. The van der Waals surface area contributed by atoms with Gasteiger partial charge in [0.05, 0.1) is 31.2 Å². The maximum Gasteiger partial charge on any atom is 1.00 e. The molecule has 15 aromatic rings. The summed E-state index contributed by atoms with van der Waals surface area (Å²) in [7, 11) is 1.46. The van der Waals surface area contributed by atoms with Crippen LogP contribution in [-0.4, -0.2) is 109 Å². The molecular formula is C127H151ClN6Na2O10. The number of aryl methyl sites for hydroxylation is 10. The zero-order valence-electron chi connectivity index (χ0n) is 90.0. The van der Waals surface area contributed by atoms with E-state index in [9.17, 15) is 24.0 Å². The molecule has 0 aliphatic carbocycles. The first-order valence-electron chi connectivity index (χ1n) is 50.8. The van der Waals surface area contributed by atoms with E-state index < -0.39 is 11.7 Å². The van der Waals surface area contributed by atoms with Crippen molar-refractivity contribution >= 4 is 102 Å². The van der Waals surface area contributed by atoms with Gasteiger partial charge < -0.3 is 52.1 Å². The Morgan fingerprint density at radius 2 is 0.603 bits per heavy atom. The Balaban J connectivity index is 0.000000278. The average molecular weight is 2000 g/mol. The third-order valence-electron chi connectivity index (χ3n) is 26.3. The average Bonchev–Trinajstić information content (AvgIpc) is 0.798. The van der Waals surface area contributed by atoms with Crippen molar-refractivity contribution in [2.24, 2.45) is 5.73 Å². The van der Waals surface area contributed by atoms with Gasteiger partial charge in [0.1, 0.15) is 18.8 Å². The van der Waals surface area contributed by atoms with Gasteiger partial charge in [-0.2, -0.15) is 0 Å². The standard InChI is InChI=1S/C29H36N2O3.C27H32N2O3.C24H28N2O.2C23H26.CH2O3.ClH.2Na.H/c1-21-11-8-12-23(19-21)13-10-18-31(27(32)20-30-28(33)34-29(3,4)5)22(2)25-17-9-15-24-14-6-7-16-26(24)25;1-20-9-6-10-22(17-20)11-8-16-29(27(31)18-28-26(30)19-32-3)21(2)24-15-7-13-23-12-4-5-14-25(23)24;1-18-8-5-9-20(16-18)10-7-15-26(24(27)17-25)19(2)22-14-6-12-21-11-3-4-13-23(21)22;2*1-18-9-7-12-20(17-18)11-4-3-10-19(2)22-16-8-14-21-13-5-6-15-23(21)22;2-1-4-3;;;;/h6-9,11-12,14-17,19,22H,10,13,18,20H2,1-5H3,(H,30,33);4-7,9-10,12-15,17,21H,8,11,16,18-19H2,1-3H3,(H,28,30);3-6,8-9,11-14,16,19H,7,10,15,17,25H2,1-2H3;2*5-9,12-17,19H,3-4,10-11H2,1-2H3;1,3H;1H;;;/q;;;;;;;2*+1;-1/p-1/t22-;21-;3*19-;;;;;/m11100...../s1. The van der Waals surface area contributed by atoms with Crippen LogP contribution in [0.2, 0.25) is 0 Å². The molecule has 15 rings (SSSR count). The maximum absolute atomic E-state index is 13.3. The molecule has 19 heteroatoms. The number of nitrogens with two attached hydrogens (primary N) is 1. The Morgan fingerprint density at radius 3 is 0.870 bits per heavy atom. The number of carbonyl (C=O) groups is 6. The molecule has 0 heterocycles. The monoisotopic (exact) mass is 2000 g/mol. The van der Waals surface area contributed by atoms with Gasteiger partial charge in [-0.3, -0.25) is 24.0 Å². The molecule has 0 saturated heterocycles. The number of carbonyl (C=O) groups excluding carboxylic acids is 6. The van der Waals surface area contributed by atoms with Crippen LogP contribution in [0.5, 0.6) is 0 Å². The number of ether oxygens (including phenoxy) is 2. The quantitative estimate of drug-likeness (QED) is 0.0109. The summed E-state index contributed by atoms with van der Waals surface area (Å²) in [6.45, 7) is 28.5. The van der Waals surface area contributed by atoms with Gasteiger partial charge >= 0.3 is 65.2 Å². The minimum absolute atomic E-state index is 0. The van der Waals surface area contributed by atoms with E-state index in [1.165, 1.54) is 163 Å². The van der Waals surface area contributed by atoms with Crippen LogP contribution in [0, 0.1) is 34.6 Å². The molecule has 758 valence electrons. The number of alkyl carbamates (subject to hydrolysis) is 1. The van der Waals surface area contributed by atoms with Crippen molar-refractivity contribution in [3.05, 3.63) is 417 Å². The summed E-state index contributed by atoms with van der Waals surface area (Å²) < 4.78 is 10.1. The number of hydrogen-bond acceptors (Lipinski definition) is 11. The van der Waals surface area contributed by atoms with E-state index in [1.807, 2.05) is 63.2 Å². The molecule has 0 bridgehead atoms. The van der Waals surface area contributed by atoms with Crippen LogP contribution >= 0.6 is 12.4 Å². The van der Waals surface area contributed by atoms with Gasteiger partial charge in [0.15, 0.2) is 0 Å². The van der Waals surface area contributed by atoms with Gasteiger partial charge in [-0.15, -0.1) is 12.4 Å². The molecule has 0 saturated carbocycles. The van der Waals surface area contributed by atoms with Crippen molar-refractivity contribution in [1.29, 1.82) is 0 Å². The first-order valence-corrected chi connectivity index (χ1v) is 50.8. The van der Waals surface area contributed by atoms with E-state index in [4.69, 9.17) is 25.3 Å². The third kappa shape index (κ3) is 39.6. The van der Waals surface area contributed by atoms with Crippen LogP contribution < -0.4 is 80.7 Å². The summed E-state index contributed by atoms with van der Waals surface area (Å²) in [4.78, 5) is 79.9. The molecule has 5 atom stereocenters. The van der Waals surface area contributed by atoms with E-state index in [2.05, 4.69) is 370 Å². The fourth-order valence-corrected chi connectivity index (χ4v) is 19.0. The minimum atomic E-state index is -0.614. The summed E-state index contributed by atoms with van der Waals surface area (Å²) in [6.07, 6.45) is 14.8. The summed E-state index contributed by atoms with van der Waals surface area (Å²) >= 11 is 0. The number of nitrogens with zero attached hydrogens (tertiary/aromatic N) is 3. The van der Waals surface area contributed by atoms with Crippen molar-refractivity contribution in [2.45, 2.75) is 215 Å². The van der Waals surface area contributed by atoms with Gasteiger partial charge in [-0.1, -0.05) is 388 Å². The molecule has 0 aromatic heterocycles. The Hall–Kier alpha value is -11.6. The van der Waals surface area contributed by atoms with E-state index >= 15 is 0 Å². The van der Waals surface area contributed by atoms with Crippen LogP contribution in [0.25, 0.3) is 53.9 Å². The van der Waals surface area contributed by atoms with Crippen LogP contribution in [-0.2, 0) is 70.4 Å². The molecule has 0 aliphatic rings. The molecule has 15 aromatic carbocycles. The van der Waals surface area contributed by atoms with Gasteiger partial charge in [-0.05, 0) is 275 Å². The van der Waals surface area contributed by atoms with Crippen molar-refractivity contribution in [3.8, 4) is 0 Å². The topological polar surface area (TPSA) is 213 Å². The smallest absolute Gasteiger partial charge is 1.00 e. The molecule has 16 nitrogen and oxygen atoms in total. The Bertz CT molecular complexity index is 6410. The molecular weight excluding hydrogens is 1850 g/mol. The number of rotatable bonds is 38. The SMILES string of the molecule is COCC(=O)NCC(=O)N(CCCc1cccc(C)c1)[C@H](C)c1cccc2ccccc12.Cc1cccc(CCCC[C@H](C)c2cccc3ccccc23)c1.Cc1cccc(CCCC[C@H](C)c2cccc3ccccc23)c1.Cc1cccc(CCCN(C(=O)CN)[C@H](C)c2cccc3ccccc23)c1.Cc1cccc(CCCN(C(=O)CNC(=O)OC(C)(C)C)[C@H](C)c2cccc3ccccc23)c1.Cl.O=CO[O-].[H-].[Na+].[Na+]. The van der Waals surface area contributed by atoms with Gasteiger partial charge in [-0.25, -0.2) is 4.79 Å². The molecule has 0 spiro atoms. The molecule has 0 radical (unpaired) electrons. The van der Waals surface area contributed by atoms with E-state index in [1.54, 1.807) is 20.8 Å². The molecule has 0 fully saturated rings. The normalized spacial score (nSPS) is 11.8. The predicted molar refractivity (Wildman–Crippen MR) is 597 cm³/mol. The first kappa shape index (κ1) is 121. The fraction of sp³-hybridized carbons (Fsp3) is 0.323. The second-order valence-electron chi connectivity index (χ2n) is 38.6. The van der Waals surface area contributed by atoms with E-state index in [0.29, 0.717) is 31.5 Å². The van der Waals surface area contributed by atoms with Crippen LogP contribution in [0.15, 0.2) is 334 Å². The largest absolute Gasteiger partial charge is 1.00 e. The van der Waals surface area contributed by atoms with Crippen molar-refractivity contribution in [1.82, 2.24) is 25.3 Å². The maximum atomic E-state index is 13.3. The van der Waals surface area contributed by atoms with Crippen molar-refractivity contribution < 1.29 is 109 Å². The van der Waals surface area contributed by atoms with Crippen molar-refractivity contribution in [2.75, 3.05) is 53.0 Å². The second kappa shape index (κ2) is 64.5. The van der Waals surface area contributed by atoms with E-state index in [0.717, 1.165) is 71.2 Å². The van der Waals surface area contributed by atoms with Gasteiger partial charge in [0.25, 0.3) is 6.47 Å². The summed E-state index contributed by atoms with van der Waals surface area (Å²) in [5.74, 6) is 0.727.